The number of para-hydroxylation sites is 1. The Labute approximate surface area is 190 Å². The van der Waals surface area contributed by atoms with Crippen molar-refractivity contribution < 1.29 is 4.79 Å². The van der Waals surface area contributed by atoms with Crippen LogP contribution < -0.4 is 5.32 Å². The number of hydrogen-bond donors (Lipinski definition) is 1. The molecule has 1 fully saturated rings. The van der Waals surface area contributed by atoms with Gasteiger partial charge in [0.2, 0.25) is 0 Å². The van der Waals surface area contributed by atoms with Crippen LogP contribution in [0.3, 0.4) is 0 Å². The highest BCUT2D eigenvalue weighted by Gasteiger charge is 2.25. The molecule has 0 aliphatic carbocycles. The van der Waals surface area contributed by atoms with Gasteiger partial charge in [-0.2, -0.15) is 0 Å². The number of likely N-dealkylation sites (tertiary alicyclic amines) is 1. The van der Waals surface area contributed by atoms with Crippen LogP contribution >= 0.6 is 0 Å². The summed E-state index contributed by atoms with van der Waals surface area (Å²) in [6, 6.07) is 16.4. The van der Waals surface area contributed by atoms with Crippen molar-refractivity contribution in [2.45, 2.75) is 45.7 Å². The molecule has 3 heterocycles. The van der Waals surface area contributed by atoms with Gasteiger partial charge in [-0.15, -0.1) is 0 Å². The Morgan fingerprint density at radius 1 is 0.969 bits per heavy atom. The van der Waals surface area contributed by atoms with Crippen LogP contribution in [0.5, 0.6) is 0 Å². The molecule has 0 spiro atoms. The van der Waals surface area contributed by atoms with E-state index < -0.39 is 0 Å². The molecular formula is C27H32N4O. The number of nitrogens with one attached hydrogen (secondary N) is 1. The van der Waals surface area contributed by atoms with Gasteiger partial charge in [0, 0.05) is 48.4 Å². The Morgan fingerprint density at radius 2 is 1.75 bits per heavy atom. The van der Waals surface area contributed by atoms with Gasteiger partial charge in [0.05, 0.1) is 11.1 Å². The van der Waals surface area contributed by atoms with Crippen LogP contribution in [-0.4, -0.2) is 46.9 Å². The van der Waals surface area contributed by atoms with Gasteiger partial charge in [0.1, 0.15) is 0 Å². The van der Waals surface area contributed by atoms with Gasteiger partial charge >= 0.3 is 0 Å². The molecule has 0 bridgehead atoms. The van der Waals surface area contributed by atoms with Gasteiger partial charge in [-0.3, -0.25) is 19.6 Å². The first-order valence-electron chi connectivity index (χ1n) is 12.0. The number of nitrogens with zero attached hydrogens (tertiary/aromatic N) is 3. The number of anilines is 1. The van der Waals surface area contributed by atoms with Crippen LogP contribution in [0.4, 0.5) is 5.69 Å². The minimum Gasteiger partial charge on any atom is -0.322 e. The van der Waals surface area contributed by atoms with E-state index in [2.05, 4.69) is 34.2 Å². The molecule has 1 amide bonds. The molecule has 0 saturated carbocycles. The standard InChI is InChI=1S/C27H32N4O/c1-2-30-17-14-25-23(19-30)26(22-8-4-5-9-24(22)29-25)27(32)28-21-12-10-20(11-13-21)18-31-15-6-3-7-16-31/h4-5,8-13H,2-3,6-7,14-19H2,1H3,(H,28,32). The van der Waals surface area contributed by atoms with Crippen molar-refractivity contribution in [3.63, 3.8) is 0 Å². The lowest BCUT2D eigenvalue weighted by atomic mass is 9.95. The zero-order valence-electron chi connectivity index (χ0n) is 18.9. The highest BCUT2D eigenvalue weighted by atomic mass is 16.1. The molecule has 0 radical (unpaired) electrons. The van der Waals surface area contributed by atoms with Gasteiger partial charge in [0.15, 0.2) is 0 Å². The first-order valence-corrected chi connectivity index (χ1v) is 12.0. The van der Waals surface area contributed by atoms with Gasteiger partial charge < -0.3 is 5.32 Å². The number of carbonyl (C=O) groups excluding carboxylic acids is 1. The van der Waals surface area contributed by atoms with Crippen molar-refractivity contribution in [1.29, 1.82) is 0 Å². The lowest BCUT2D eigenvalue weighted by Crippen LogP contribution is -2.33. The first-order chi connectivity index (χ1) is 15.7. The number of benzene rings is 2. The number of rotatable bonds is 5. The zero-order chi connectivity index (χ0) is 21.9. The van der Waals surface area contributed by atoms with Gasteiger partial charge in [-0.25, -0.2) is 0 Å². The van der Waals surface area contributed by atoms with E-state index in [0.29, 0.717) is 0 Å². The predicted octanol–water partition coefficient (Wildman–Crippen LogP) is 4.85. The Hall–Kier alpha value is -2.76. The summed E-state index contributed by atoms with van der Waals surface area (Å²) in [6.45, 7) is 8.29. The van der Waals surface area contributed by atoms with Crippen molar-refractivity contribution in [2.24, 2.45) is 0 Å². The molecule has 2 aromatic carbocycles. The van der Waals surface area contributed by atoms with Crippen LogP contribution in [0.15, 0.2) is 48.5 Å². The van der Waals surface area contributed by atoms with Gasteiger partial charge in [-0.1, -0.05) is 43.7 Å². The third-order valence-electron chi connectivity index (χ3n) is 6.87. The third-order valence-corrected chi connectivity index (χ3v) is 6.87. The number of aromatic nitrogens is 1. The summed E-state index contributed by atoms with van der Waals surface area (Å²) in [7, 11) is 0. The molecule has 1 N–H and O–H groups in total. The molecule has 5 rings (SSSR count). The van der Waals surface area contributed by atoms with Gasteiger partial charge in [0.25, 0.3) is 5.91 Å². The Kier molecular flexibility index (Phi) is 6.19. The van der Waals surface area contributed by atoms with Crippen molar-refractivity contribution in [3.8, 4) is 0 Å². The van der Waals surface area contributed by atoms with Crippen LogP contribution in [0.1, 0.15) is 53.4 Å². The van der Waals surface area contributed by atoms with E-state index in [1.165, 1.54) is 37.9 Å². The fourth-order valence-electron chi connectivity index (χ4n) is 5.04. The Balaban J connectivity index is 1.40. The summed E-state index contributed by atoms with van der Waals surface area (Å²) in [6.07, 6.45) is 4.84. The fraction of sp³-hybridized carbons (Fsp3) is 0.407. The summed E-state index contributed by atoms with van der Waals surface area (Å²) < 4.78 is 0. The fourth-order valence-corrected chi connectivity index (χ4v) is 5.04. The number of hydrogen-bond acceptors (Lipinski definition) is 4. The van der Waals surface area contributed by atoms with Crippen LogP contribution in [-0.2, 0) is 19.5 Å². The van der Waals surface area contributed by atoms with Crippen molar-refractivity contribution in [1.82, 2.24) is 14.8 Å². The predicted molar refractivity (Wildman–Crippen MR) is 130 cm³/mol. The molecule has 0 unspecified atom stereocenters. The Bertz CT molecular complexity index is 1100. The molecule has 2 aliphatic heterocycles. The summed E-state index contributed by atoms with van der Waals surface area (Å²) in [4.78, 5) is 23.3. The van der Waals surface area contributed by atoms with Crippen molar-refractivity contribution in [3.05, 3.63) is 70.9 Å². The maximum Gasteiger partial charge on any atom is 0.256 e. The number of carbonyl (C=O) groups is 1. The summed E-state index contributed by atoms with van der Waals surface area (Å²) in [5, 5.41) is 4.10. The van der Waals surface area contributed by atoms with Crippen molar-refractivity contribution in [2.75, 3.05) is 31.5 Å². The number of fused-ring (bicyclic) bond motifs is 2. The molecule has 1 saturated heterocycles. The largest absolute Gasteiger partial charge is 0.322 e. The van der Waals surface area contributed by atoms with Crippen LogP contribution in [0, 0.1) is 0 Å². The molecule has 2 aliphatic rings. The van der Waals surface area contributed by atoms with E-state index in [4.69, 9.17) is 4.98 Å². The molecule has 32 heavy (non-hydrogen) atoms. The topological polar surface area (TPSA) is 48.5 Å². The molecule has 5 nitrogen and oxygen atoms in total. The average molecular weight is 429 g/mol. The number of piperidine rings is 1. The third kappa shape index (κ3) is 4.41. The number of pyridine rings is 1. The molecule has 1 aromatic heterocycles. The molecular weight excluding hydrogens is 396 g/mol. The molecule has 3 aromatic rings. The molecule has 0 atom stereocenters. The zero-order valence-corrected chi connectivity index (χ0v) is 18.9. The number of amides is 1. The second-order valence-corrected chi connectivity index (χ2v) is 9.04. The second kappa shape index (κ2) is 9.39. The van der Waals surface area contributed by atoms with E-state index in [9.17, 15) is 4.79 Å². The average Bonchev–Trinajstić information content (AvgIpc) is 2.84. The smallest absolute Gasteiger partial charge is 0.256 e. The van der Waals surface area contributed by atoms with Gasteiger partial charge in [-0.05, 0) is 56.2 Å². The maximum absolute atomic E-state index is 13.5. The van der Waals surface area contributed by atoms with E-state index in [1.54, 1.807) is 0 Å². The Morgan fingerprint density at radius 3 is 2.53 bits per heavy atom. The minimum absolute atomic E-state index is 0.0402. The van der Waals surface area contributed by atoms with Crippen LogP contribution in [0.25, 0.3) is 10.9 Å². The van der Waals surface area contributed by atoms with E-state index in [0.717, 1.165) is 66.0 Å². The highest BCUT2D eigenvalue weighted by molar-refractivity contribution is 6.13. The summed E-state index contributed by atoms with van der Waals surface area (Å²) in [5.74, 6) is -0.0402. The second-order valence-electron chi connectivity index (χ2n) is 9.04. The lowest BCUT2D eigenvalue weighted by molar-refractivity contribution is 0.102. The quantitative estimate of drug-likeness (QED) is 0.631. The normalized spacial score (nSPS) is 17.3. The van der Waals surface area contributed by atoms with Crippen molar-refractivity contribution >= 4 is 22.5 Å². The van der Waals surface area contributed by atoms with E-state index in [-0.39, 0.29) is 5.91 Å². The molecule has 5 heteroatoms. The summed E-state index contributed by atoms with van der Waals surface area (Å²) >= 11 is 0. The monoisotopic (exact) mass is 428 g/mol. The summed E-state index contributed by atoms with van der Waals surface area (Å²) in [5.41, 5.74) is 5.97. The maximum atomic E-state index is 13.5. The van der Waals surface area contributed by atoms with Crippen LogP contribution in [0.2, 0.25) is 0 Å². The molecule has 166 valence electrons. The van der Waals surface area contributed by atoms with E-state index in [1.807, 2.05) is 36.4 Å². The minimum atomic E-state index is -0.0402. The number of likely N-dealkylation sites (N-methyl/N-ethyl adjacent to an activating group) is 1. The SMILES string of the molecule is CCN1CCc2nc3ccccc3c(C(=O)Nc3ccc(CN4CCCCC4)cc3)c2C1. The first kappa shape index (κ1) is 21.1. The lowest BCUT2D eigenvalue weighted by Gasteiger charge is -2.29. The highest BCUT2D eigenvalue weighted by Crippen LogP contribution is 2.29. The van der Waals surface area contributed by atoms with E-state index >= 15 is 0 Å².